The number of carbonyl (C=O) groups is 1. The van der Waals surface area contributed by atoms with Crippen LogP contribution in [0.5, 0.6) is 0 Å². The Balaban J connectivity index is 2.37. The SMILES string of the molecule is O=Cc1c(-c2ccccc2)nc2cccc(Br)n12. The molecule has 3 rings (SSSR count). The van der Waals surface area contributed by atoms with Crippen LogP contribution >= 0.6 is 15.9 Å². The fraction of sp³-hybridized carbons (Fsp3) is 0. The van der Waals surface area contributed by atoms with Crippen molar-refractivity contribution in [3.8, 4) is 11.3 Å². The first-order valence-electron chi connectivity index (χ1n) is 5.49. The standard InChI is InChI=1S/C14H9BrN2O/c15-12-7-4-8-13-16-14(11(9-18)17(12)13)10-5-2-1-3-6-10/h1-9H. The molecule has 2 aromatic heterocycles. The van der Waals surface area contributed by atoms with Crippen molar-refractivity contribution < 1.29 is 4.79 Å². The molecule has 0 aliphatic heterocycles. The Morgan fingerprint density at radius 2 is 1.83 bits per heavy atom. The zero-order valence-corrected chi connectivity index (χ0v) is 11.0. The predicted molar refractivity (Wildman–Crippen MR) is 73.7 cm³/mol. The number of pyridine rings is 1. The minimum Gasteiger partial charge on any atom is -0.296 e. The Kier molecular flexibility index (Phi) is 2.72. The average Bonchev–Trinajstić information content (AvgIpc) is 2.79. The summed E-state index contributed by atoms with van der Waals surface area (Å²) in [4.78, 5) is 15.9. The van der Waals surface area contributed by atoms with Crippen LogP contribution in [0.2, 0.25) is 0 Å². The normalized spacial score (nSPS) is 10.7. The van der Waals surface area contributed by atoms with E-state index in [9.17, 15) is 4.79 Å². The average molecular weight is 301 g/mol. The number of hydrogen-bond donors (Lipinski definition) is 0. The maximum atomic E-state index is 11.3. The number of fused-ring (bicyclic) bond motifs is 1. The smallest absolute Gasteiger partial charge is 0.169 e. The highest BCUT2D eigenvalue weighted by atomic mass is 79.9. The van der Waals surface area contributed by atoms with Gasteiger partial charge in [-0.2, -0.15) is 0 Å². The first-order chi connectivity index (χ1) is 8.81. The van der Waals surface area contributed by atoms with Gasteiger partial charge in [-0.25, -0.2) is 4.98 Å². The Morgan fingerprint density at radius 3 is 2.56 bits per heavy atom. The highest BCUT2D eigenvalue weighted by molar-refractivity contribution is 9.10. The lowest BCUT2D eigenvalue weighted by Gasteiger charge is -2.00. The van der Waals surface area contributed by atoms with Gasteiger partial charge in [-0.15, -0.1) is 0 Å². The highest BCUT2D eigenvalue weighted by Crippen LogP contribution is 2.25. The van der Waals surface area contributed by atoms with E-state index in [2.05, 4.69) is 20.9 Å². The number of carbonyl (C=O) groups excluding carboxylic acids is 1. The molecule has 18 heavy (non-hydrogen) atoms. The summed E-state index contributed by atoms with van der Waals surface area (Å²) in [5.41, 5.74) is 2.96. The second kappa shape index (κ2) is 4.38. The molecular formula is C14H9BrN2O. The molecule has 1 aromatic carbocycles. The van der Waals surface area contributed by atoms with Crippen molar-refractivity contribution >= 4 is 27.9 Å². The number of imidazole rings is 1. The first-order valence-corrected chi connectivity index (χ1v) is 6.28. The monoisotopic (exact) mass is 300 g/mol. The lowest BCUT2D eigenvalue weighted by atomic mass is 10.1. The first kappa shape index (κ1) is 11.2. The zero-order chi connectivity index (χ0) is 12.5. The summed E-state index contributed by atoms with van der Waals surface area (Å²) in [6, 6.07) is 15.4. The van der Waals surface area contributed by atoms with Crippen LogP contribution in [-0.2, 0) is 0 Å². The molecule has 88 valence electrons. The summed E-state index contributed by atoms with van der Waals surface area (Å²) in [5, 5.41) is 0. The molecule has 0 amide bonds. The van der Waals surface area contributed by atoms with Gasteiger partial charge in [-0.3, -0.25) is 9.20 Å². The van der Waals surface area contributed by atoms with E-state index in [0.717, 1.165) is 22.1 Å². The van der Waals surface area contributed by atoms with Crippen LogP contribution in [0.3, 0.4) is 0 Å². The van der Waals surface area contributed by atoms with Crippen molar-refractivity contribution in [3.63, 3.8) is 0 Å². The maximum absolute atomic E-state index is 11.3. The fourth-order valence-corrected chi connectivity index (χ4v) is 2.52. The van der Waals surface area contributed by atoms with E-state index >= 15 is 0 Å². The molecule has 3 aromatic rings. The van der Waals surface area contributed by atoms with Gasteiger partial charge < -0.3 is 0 Å². The second-order valence-electron chi connectivity index (χ2n) is 3.87. The van der Waals surface area contributed by atoms with Crippen molar-refractivity contribution in [1.29, 1.82) is 0 Å². The molecule has 2 heterocycles. The summed E-state index contributed by atoms with van der Waals surface area (Å²) < 4.78 is 2.62. The molecule has 0 radical (unpaired) electrons. The number of nitrogens with zero attached hydrogens (tertiary/aromatic N) is 2. The minimum atomic E-state index is 0.559. The summed E-state index contributed by atoms with van der Waals surface area (Å²) in [6.07, 6.45) is 0.840. The third kappa shape index (κ3) is 1.66. The summed E-state index contributed by atoms with van der Waals surface area (Å²) in [6.45, 7) is 0. The van der Waals surface area contributed by atoms with Gasteiger partial charge in [-0.1, -0.05) is 36.4 Å². The predicted octanol–water partition coefficient (Wildman–Crippen LogP) is 3.58. The lowest BCUT2D eigenvalue weighted by Crippen LogP contribution is -1.93. The quantitative estimate of drug-likeness (QED) is 0.535. The van der Waals surface area contributed by atoms with E-state index in [1.54, 1.807) is 4.40 Å². The molecule has 0 saturated carbocycles. The van der Waals surface area contributed by atoms with Gasteiger partial charge in [0.05, 0.1) is 4.60 Å². The van der Waals surface area contributed by atoms with E-state index in [1.165, 1.54) is 0 Å². The Bertz CT molecular complexity index is 719. The van der Waals surface area contributed by atoms with Crippen LogP contribution in [0.4, 0.5) is 0 Å². The summed E-state index contributed by atoms with van der Waals surface area (Å²) in [7, 11) is 0. The lowest BCUT2D eigenvalue weighted by molar-refractivity contribution is 0.111. The Hall–Kier alpha value is -1.94. The van der Waals surface area contributed by atoms with Crippen LogP contribution in [0.25, 0.3) is 16.9 Å². The zero-order valence-electron chi connectivity index (χ0n) is 9.38. The van der Waals surface area contributed by atoms with Crippen molar-refractivity contribution in [1.82, 2.24) is 9.38 Å². The van der Waals surface area contributed by atoms with E-state index in [-0.39, 0.29) is 0 Å². The van der Waals surface area contributed by atoms with E-state index in [4.69, 9.17) is 0 Å². The molecule has 0 aliphatic carbocycles. The molecule has 4 heteroatoms. The van der Waals surface area contributed by atoms with Crippen LogP contribution in [0.15, 0.2) is 53.1 Å². The topological polar surface area (TPSA) is 34.4 Å². The van der Waals surface area contributed by atoms with Gasteiger partial charge in [0.25, 0.3) is 0 Å². The number of aldehydes is 1. The Morgan fingerprint density at radius 1 is 1.06 bits per heavy atom. The summed E-state index contributed by atoms with van der Waals surface area (Å²) in [5.74, 6) is 0. The third-order valence-corrected chi connectivity index (χ3v) is 3.41. The fourth-order valence-electron chi connectivity index (χ4n) is 1.99. The molecule has 0 unspecified atom stereocenters. The van der Waals surface area contributed by atoms with Crippen molar-refractivity contribution in [2.75, 3.05) is 0 Å². The molecule has 0 atom stereocenters. The highest BCUT2D eigenvalue weighted by Gasteiger charge is 2.14. The van der Waals surface area contributed by atoms with Crippen molar-refractivity contribution in [3.05, 3.63) is 58.8 Å². The molecule has 0 aliphatic rings. The molecule has 0 N–H and O–H groups in total. The van der Waals surface area contributed by atoms with Gasteiger partial charge in [-0.05, 0) is 28.1 Å². The van der Waals surface area contributed by atoms with Gasteiger partial charge in [0, 0.05) is 5.56 Å². The van der Waals surface area contributed by atoms with Crippen molar-refractivity contribution in [2.24, 2.45) is 0 Å². The largest absolute Gasteiger partial charge is 0.296 e. The van der Waals surface area contributed by atoms with Crippen molar-refractivity contribution in [2.45, 2.75) is 0 Å². The van der Waals surface area contributed by atoms with Gasteiger partial charge in [0.2, 0.25) is 0 Å². The molecule has 3 nitrogen and oxygen atoms in total. The van der Waals surface area contributed by atoms with Gasteiger partial charge in [0.15, 0.2) is 6.29 Å². The Labute approximate surface area is 112 Å². The van der Waals surface area contributed by atoms with Gasteiger partial charge >= 0.3 is 0 Å². The number of benzene rings is 1. The third-order valence-electron chi connectivity index (χ3n) is 2.79. The maximum Gasteiger partial charge on any atom is 0.169 e. The summed E-state index contributed by atoms with van der Waals surface area (Å²) >= 11 is 3.44. The second-order valence-corrected chi connectivity index (χ2v) is 4.68. The van der Waals surface area contributed by atoms with E-state index in [0.29, 0.717) is 11.4 Å². The number of aromatic nitrogens is 2. The molecule has 0 saturated heterocycles. The van der Waals surface area contributed by atoms with Crippen LogP contribution in [0.1, 0.15) is 10.5 Å². The number of rotatable bonds is 2. The molecule has 0 fully saturated rings. The minimum absolute atomic E-state index is 0.559. The number of halogens is 1. The van der Waals surface area contributed by atoms with E-state index in [1.807, 2.05) is 48.5 Å². The van der Waals surface area contributed by atoms with Crippen LogP contribution in [-0.4, -0.2) is 15.7 Å². The molecular weight excluding hydrogens is 292 g/mol. The molecule has 0 spiro atoms. The van der Waals surface area contributed by atoms with Crippen LogP contribution in [0, 0.1) is 0 Å². The molecule has 0 bridgehead atoms. The number of hydrogen-bond acceptors (Lipinski definition) is 2. The van der Waals surface area contributed by atoms with E-state index < -0.39 is 0 Å². The van der Waals surface area contributed by atoms with Gasteiger partial charge in [0.1, 0.15) is 17.0 Å². The van der Waals surface area contributed by atoms with Crippen LogP contribution < -0.4 is 0 Å².